The fraction of sp³-hybridized carbons (Fsp3) is 0.421. The Morgan fingerprint density at radius 3 is 2.88 bits per heavy atom. The number of H-pyrrole nitrogens is 1. The summed E-state index contributed by atoms with van der Waals surface area (Å²) in [6.07, 6.45) is 4.60. The maximum atomic E-state index is 12.8. The predicted molar refractivity (Wildman–Crippen MR) is 102 cm³/mol. The van der Waals surface area contributed by atoms with E-state index in [0.29, 0.717) is 29.3 Å². The third-order valence-electron chi connectivity index (χ3n) is 4.64. The van der Waals surface area contributed by atoms with Gasteiger partial charge >= 0.3 is 0 Å². The fourth-order valence-electron chi connectivity index (χ4n) is 3.33. The number of aromatic amines is 1. The minimum Gasteiger partial charge on any atom is -0.312 e. The van der Waals surface area contributed by atoms with E-state index in [0.717, 1.165) is 25.1 Å². The highest BCUT2D eigenvalue weighted by Crippen LogP contribution is 2.28. The van der Waals surface area contributed by atoms with Crippen LogP contribution in [0, 0.1) is 13.8 Å². The van der Waals surface area contributed by atoms with Crippen molar-refractivity contribution in [3.8, 4) is 0 Å². The summed E-state index contributed by atoms with van der Waals surface area (Å²) >= 11 is 1.40. The molecule has 0 atom stereocenters. The van der Waals surface area contributed by atoms with Gasteiger partial charge in [-0.25, -0.2) is 4.98 Å². The van der Waals surface area contributed by atoms with Crippen molar-refractivity contribution >= 4 is 23.4 Å². The molecule has 1 aromatic heterocycles. The summed E-state index contributed by atoms with van der Waals surface area (Å²) in [5.74, 6) is 0.0672. The van der Waals surface area contributed by atoms with Crippen LogP contribution in [0.25, 0.3) is 0 Å². The Morgan fingerprint density at radius 2 is 2.16 bits per heavy atom. The van der Waals surface area contributed by atoms with Gasteiger partial charge in [-0.15, -0.1) is 0 Å². The van der Waals surface area contributed by atoms with Crippen LogP contribution in [0.3, 0.4) is 0 Å². The molecule has 0 spiro atoms. The molecule has 0 saturated carbocycles. The molecule has 1 aliphatic rings. The summed E-state index contributed by atoms with van der Waals surface area (Å²) in [6, 6.07) is 6.24. The maximum absolute atomic E-state index is 12.8. The second-order valence-corrected chi connectivity index (χ2v) is 7.22. The number of carbonyl (C=O) groups excluding carboxylic acids is 1. The Labute approximate surface area is 151 Å². The van der Waals surface area contributed by atoms with Crippen molar-refractivity contribution < 1.29 is 4.79 Å². The van der Waals surface area contributed by atoms with Crippen molar-refractivity contribution in [2.75, 3.05) is 17.7 Å². The van der Waals surface area contributed by atoms with E-state index < -0.39 is 0 Å². The van der Waals surface area contributed by atoms with Crippen LogP contribution < -0.4 is 10.5 Å². The number of amides is 1. The first-order valence-corrected chi connectivity index (χ1v) is 9.75. The zero-order valence-electron chi connectivity index (χ0n) is 14.9. The zero-order valence-corrected chi connectivity index (χ0v) is 15.7. The first kappa shape index (κ1) is 17.7. The van der Waals surface area contributed by atoms with Gasteiger partial charge in [-0.05, 0) is 51.0 Å². The van der Waals surface area contributed by atoms with Crippen molar-refractivity contribution in [3.05, 3.63) is 50.9 Å². The summed E-state index contributed by atoms with van der Waals surface area (Å²) < 4.78 is 0. The average Bonchev–Trinajstić information content (AvgIpc) is 2.59. The molecule has 0 bridgehead atoms. The molecule has 25 heavy (non-hydrogen) atoms. The van der Waals surface area contributed by atoms with Crippen LogP contribution in [0.15, 0.2) is 28.2 Å². The molecule has 1 N–H and O–H groups in total. The van der Waals surface area contributed by atoms with Crippen LogP contribution in [0.1, 0.15) is 35.2 Å². The highest BCUT2D eigenvalue weighted by Gasteiger charge is 2.22. The van der Waals surface area contributed by atoms with Crippen LogP contribution in [0.4, 0.5) is 5.69 Å². The molecule has 6 heteroatoms. The monoisotopic (exact) mass is 357 g/mol. The Kier molecular flexibility index (Phi) is 5.27. The SMILES string of the molecule is CSc1nc(C)c(CCC(=O)N2CCCc3cc(C)ccc32)c(=O)[nH]1. The number of rotatable bonds is 4. The number of aromatic nitrogens is 2. The minimum absolute atomic E-state index is 0.0672. The average molecular weight is 357 g/mol. The third-order valence-corrected chi connectivity index (χ3v) is 5.22. The van der Waals surface area contributed by atoms with Crippen molar-refractivity contribution in [1.82, 2.24) is 9.97 Å². The normalized spacial score (nSPS) is 13.6. The molecule has 0 unspecified atom stereocenters. The lowest BCUT2D eigenvalue weighted by Gasteiger charge is -2.30. The Morgan fingerprint density at radius 1 is 1.36 bits per heavy atom. The van der Waals surface area contributed by atoms with Crippen LogP contribution in [-0.4, -0.2) is 28.7 Å². The predicted octanol–water partition coefficient (Wildman–Crippen LogP) is 3.02. The first-order chi connectivity index (χ1) is 12.0. The number of carbonyl (C=O) groups is 1. The van der Waals surface area contributed by atoms with E-state index in [1.807, 2.05) is 30.2 Å². The molecular formula is C19H23N3O2S. The number of fused-ring (bicyclic) bond motifs is 1. The van der Waals surface area contributed by atoms with Gasteiger partial charge in [0.15, 0.2) is 5.16 Å². The van der Waals surface area contributed by atoms with Gasteiger partial charge in [0.05, 0.1) is 0 Å². The van der Waals surface area contributed by atoms with Crippen molar-refractivity contribution in [3.63, 3.8) is 0 Å². The Hall–Kier alpha value is -2.08. The van der Waals surface area contributed by atoms with Gasteiger partial charge < -0.3 is 9.88 Å². The number of hydrogen-bond donors (Lipinski definition) is 1. The summed E-state index contributed by atoms with van der Waals surface area (Å²) in [7, 11) is 0. The highest BCUT2D eigenvalue weighted by atomic mass is 32.2. The molecule has 2 heterocycles. The molecule has 5 nitrogen and oxygen atoms in total. The van der Waals surface area contributed by atoms with Crippen molar-refractivity contribution in [2.24, 2.45) is 0 Å². The number of aryl methyl sites for hydroxylation is 3. The molecule has 0 fully saturated rings. The first-order valence-electron chi connectivity index (χ1n) is 8.53. The quantitative estimate of drug-likeness (QED) is 0.675. The highest BCUT2D eigenvalue weighted by molar-refractivity contribution is 7.98. The van der Waals surface area contributed by atoms with Crippen LogP contribution >= 0.6 is 11.8 Å². The number of nitrogens with one attached hydrogen (secondary N) is 1. The maximum Gasteiger partial charge on any atom is 0.254 e. The van der Waals surface area contributed by atoms with Crippen LogP contribution in [0.5, 0.6) is 0 Å². The molecule has 3 rings (SSSR count). The molecule has 1 aromatic carbocycles. The van der Waals surface area contributed by atoms with Crippen molar-refractivity contribution in [1.29, 1.82) is 0 Å². The molecule has 0 radical (unpaired) electrons. The summed E-state index contributed by atoms with van der Waals surface area (Å²) in [6.45, 7) is 4.64. The summed E-state index contributed by atoms with van der Waals surface area (Å²) in [5, 5.41) is 0.609. The number of hydrogen-bond acceptors (Lipinski definition) is 4. The Balaban J connectivity index is 1.76. The van der Waals surface area contributed by atoms with E-state index >= 15 is 0 Å². The second-order valence-electron chi connectivity index (χ2n) is 6.42. The van der Waals surface area contributed by atoms with Gasteiger partial charge in [0.2, 0.25) is 5.91 Å². The van der Waals surface area contributed by atoms with Gasteiger partial charge in [-0.3, -0.25) is 9.59 Å². The van der Waals surface area contributed by atoms with Gasteiger partial charge in [-0.2, -0.15) is 0 Å². The van der Waals surface area contributed by atoms with E-state index in [-0.39, 0.29) is 11.5 Å². The van der Waals surface area contributed by atoms with Crippen LogP contribution in [0.2, 0.25) is 0 Å². The van der Waals surface area contributed by atoms with Gasteiger partial charge in [-0.1, -0.05) is 29.5 Å². The molecule has 0 aliphatic carbocycles. The third kappa shape index (κ3) is 3.79. The Bertz CT molecular complexity index is 860. The lowest BCUT2D eigenvalue weighted by Crippen LogP contribution is -2.36. The fourth-order valence-corrected chi connectivity index (χ4v) is 3.75. The lowest BCUT2D eigenvalue weighted by molar-refractivity contribution is -0.118. The summed E-state index contributed by atoms with van der Waals surface area (Å²) in [5.41, 5.74) is 4.64. The lowest BCUT2D eigenvalue weighted by atomic mass is 9.99. The number of anilines is 1. The standard InChI is InChI=1S/C19H23N3O2S/c1-12-6-8-16-14(11-12)5-4-10-22(16)17(23)9-7-15-13(2)20-19(25-3)21-18(15)24/h6,8,11H,4-5,7,9-10H2,1-3H3,(H,20,21,24). The number of benzene rings is 1. The molecule has 0 saturated heterocycles. The smallest absolute Gasteiger partial charge is 0.254 e. The second kappa shape index (κ2) is 7.44. The van der Waals surface area contributed by atoms with Gasteiger partial charge in [0.1, 0.15) is 0 Å². The summed E-state index contributed by atoms with van der Waals surface area (Å²) in [4.78, 5) is 34.0. The van der Waals surface area contributed by atoms with E-state index in [4.69, 9.17) is 0 Å². The molecular weight excluding hydrogens is 334 g/mol. The van der Waals surface area contributed by atoms with E-state index in [9.17, 15) is 9.59 Å². The number of thioether (sulfide) groups is 1. The molecule has 1 aliphatic heterocycles. The van der Waals surface area contributed by atoms with E-state index in [1.165, 1.54) is 22.9 Å². The largest absolute Gasteiger partial charge is 0.312 e. The van der Waals surface area contributed by atoms with E-state index in [1.54, 1.807) is 0 Å². The van der Waals surface area contributed by atoms with E-state index in [2.05, 4.69) is 23.0 Å². The minimum atomic E-state index is -0.140. The van der Waals surface area contributed by atoms with Crippen molar-refractivity contribution in [2.45, 2.75) is 44.7 Å². The molecule has 2 aromatic rings. The topological polar surface area (TPSA) is 66.1 Å². The van der Waals surface area contributed by atoms with Crippen LogP contribution in [-0.2, 0) is 17.6 Å². The van der Waals surface area contributed by atoms with Gasteiger partial charge in [0, 0.05) is 29.9 Å². The number of nitrogens with zero attached hydrogens (tertiary/aromatic N) is 2. The zero-order chi connectivity index (χ0) is 18.0. The molecule has 132 valence electrons. The molecule has 1 amide bonds. The van der Waals surface area contributed by atoms with Gasteiger partial charge in [0.25, 0.3) is 5.56 Å².